The van der Waals surface area contributed by atoms with Crippen molar-refractivity contribution in [2.45, 2.75) is 71.9 Å². The zero-order chi connectivity index (χ0) is 19.4. The van der Waals surface area contributed by atoms with Gasteiger partial charge in [-0.2, -0.15) is 0 Å². The highest BCUT2D eigenvalue weighted by atomic mass is 16.1. The third-order valence-corrected chi connectivity index (χ3v) is 7.45. The topological polar surface area (TPSA) is 38.8 Å². The number of piperazine rings is 1. The molecule has 1 spiro atoms. The summed E-state index contributed by atoms with van der Waals surface area (Å²) in [6, 6.07) is 1.13. The monoisotopic (exact) mass is 378 g/mol. The molecule has 1 saturated carbocycles. The molecule has 3 fully saturated rings. The lowest BCUT2D eigenvalue weighted by molar-refractivity contribution is -0.128. The molecule has 3 rings (SSSR count). The number of hydrogen-bond donors (Lipinski definition) is 1. The van der Waals surface area contributed by atoms with E-state index in [1.807, 2.05) is 13.8 Å². The molecule has 2 heterocycles. The first kappa shape index (κ1) is 21.1. The molecule has 5 nitrogen and oxygen atoms in total. The molecule has 27 heavy (non-hydrogen) atoms. The van der Waals surface area contributed by atoms with E-state index in [0.29, 0.717) is 17.5 Å². The van der Waals surface area contributed by atoms with Crippen molar-refractivity contribution in [1.82, 2.24) is 20.0 Å². The van der Waals surface area contributed by atoms with Crippen molar-refractivity contribution in [3.63, 3.8) is 0 Å². The van der Waals surface area contributed by atoms with Gasteiger partial charge in [-0.3, -0.25) is 9.69 Å². The van der Waals surface area contributed by atoms with Crippen molar-refractivity contribution in [2.75, 3.05) is 52.4 Å². The number of amides is 1. The quantitative estimate of drug-likeness (QED) is 0.738. The lowest BCUT2D eigenvalue weighted by Crippen LogP contribution is -2.59. The van der Waals surface area contributed by atoms with Gasteiger partial charge in [0.25, 0.3) is 0 Å². The summed E-state index contributed by atoms with van der Waals surface area (Å²) in [5.74, 6) is 0.337. The Kier molecular flexibility index (Phi) is 7.20. The molecule has 0 bridgehead atoms. The standard InChI is InChI=1S/C22H42N4O/c1-18(2)21(27)23-20-6-7-22(20)8-12-24(13-9-22)10-5-11-25-14-16-26(17-15-25)19(3)4/h18-20H,5-17H2,1-4H3,(H,23,27). The van der Waals surface area contributed by atoms with E-state index in [-0.39, 0.29) is 11.8 Å². The van der Waals surface area contributed by atoms with Crippen LogP contribution in [0.15, 0.2) is 0 Å². The molecule has 0 radical (unpaired) electrons. The Hall–Kier alpha value is -0.650. The number of carbonyl (C=O) groups excluding carboxylic acids is 1. The van der Waals surface area contributed by atoms with E-state index in [0.717, 1.165) is 0 Å². The maximum absolute atomic E-state index is 12.1. The summed E-state index contributed by atoms with van der Waals surface area (Å²) >= 11 is 0. The van der Waals surface area contributed by atoms with E-state index < -0.39 is 0 Å². The molecule has 156 valence electrons. The van der Waals surface area contributed by atoms with Gasteiger partial charge in [0.15, 0.2) is 0 Å². The minimum atomic E-state index is 0.102. The Balaban J connectivity index is 1.32. The molecule has 0 aromatic carbocycles. The highest BCUT2D eigenvalue weighted by Crippen LogP contribution is 2.49. The second-order valence-corrected chi connectivity index (χ2v) is 9.78. The molecule has 5 heteroatoms. The number of likely N-dealkylation sites (tertiary alicyclic amines) is 1. The molecule has 1 aliphatic carbocycles. The summed E-state index contributed by atoms with van der Waals surface area (Å²) in [5.41, 5.74) is 0.411. The zero-order valence-corrected chi connectivity index (χ0v) is 18.2. The third kappa shape index (κ3) is 5.24. The van der Waals surface area contributed by atoms with E-state index in [9.17, 15) is 4.79 Å². The van der Waals surface area contributed by atoms with Gasteiger partial charge in [0.1, 0.15) is 0 Å². The van der Waals surface area contributed by atoms with E-state index in [4.69, 9.17) is 0 Å². The fraction of sp³-hybridized carbons (Fsp3) is 0.955. The summed E-state index contributed by atoms with van der Waals surface area (Å²) < 4.78 is 0. The second-order valence-electron chi connectivity index (χ2n) is 9.78. The molecule has 0 aromatic heterocycles. The first-order valence-corrected chi connectivity index (χ1v) is 11.4. The van der Waals surface area contributed by atoms with Crippen molar-refractivity contribution in [1.29, 1.82) is 0 Å². The summed E-state index contributed by atoms with van der Waals surface area (Å²) in [5, 5.41) is 3.32. The second kappa shape index (κ2) is 9.23. The smallest absolute Gasteiger partial charge is 0.222 e. The lowest BCUT2D eigenvalue weighted by atomic mass is 9.59. The molecule has 0 aromatic rings. The number of rotatable bonds is 7. The largest absolute Gasteiger partial charge is 0.353 e. The van der Waals surface area contributed by atoms with Gasteiger partial charge in [0.05, 0.1) is 0 Å². The van der Waals surface area contributed by atoms with Gasteiger partial charge in [-0.1, -0.05) is 13.8 Å². The van der Waals surface area contributed by atoms with Gasteiger partial charge in [0.2, 0.25) is 5.91 Å². The molecular weight excluding hydrogens is 336 g/mol. The van der Waals surface area contributed by atoms with Crippen molar-refractivity contribution in [3.8, 4) is 0 Å². The van der Waals surface area contributed by atoms with Gasteiger partial charge in [-0.05, 0) is 77.5 Å². The summed E-state index contributed by atoms with van der Waals surface area (Å²) in [6.07, 6.45) is 6.32. The van der Waals surface area contributed by atoms with E-state index in [2.05, 4.69) is 33.9 Å². The molecular formula is C22H42N4O. The molecule has 1 N–H and O–H groups in total. The Morgan fingerprint density at radius 3 is 2.00 bits per heavy atom. The van der Waals surface area contributed by atoms with E-state index in [1.54, 1.807) is 0 Å². The van der Waals surface area contributed by atoms with Crippen LogP contribution in [0.1, 0.15) is 59.8 Å². The van der Waals surface area contributed by atoms with Crippen LogP contribution in [0.2, 0.25) is 0 Å². The molecule has 1 atom stereocenters. The maximum atomic E-state index is 12.1. The summed E-state index contributed by atoms with van der Waals surface area (Å²) in [6.45, 7) is 18.4. The first-order valence-electron chi connectivity index (χ1n) is 11.4. The number of piperidine rings is 1. The fourth-order valence-corrected chi connectivity index (χ4v) is 5.10. The van der Waals surface area contributed by atoms with Gasteiger partial charge < -0.3 is 15.1 Å². The molecule has 2 saturated heterocycles. The van der Waals surface area contributed by atoms with Crippen LogP contribution < -0.4 is 5.32 Å². The maximum Gasteiger partial charge on any atom is 0.222 e. The first-order chi connectivity index (χ1) is 12.9. The van der Waals surface area contributed by atoms with Crippen LogP contribution in [-0.2, 0) is 4.79 Å². The average molecular weight is 379 g/mol. The van der Waals surface area contributed by atoms with Crippen LogP contribution in [0, 0.1) is 11.3 Å². The van der Waals surface area contributed by atoms with E-state index in [1.165, 1.54) is 84.5 Å². The Morgan fingerprint density at radius 1 is 0.926 bits per heavy atom. The number of carbonyl (C=O) groups is 1. The zero-order valence-electron chi connectivity index (χ0n) is 18.2. The highest BCUT2D eigenvalue weighted by molar-refractivity contribution is 5.78. The highest BCUT2D eigenvalue weighted by Gasteiger charge is 2.48. The van der Waals surface area contributed by atoms with Gasteiger partial charge in [0, 0.05) is 44.2 Å². The number of hydrogen-bond acceptors (Lipinski definition) is 4. The van der Waals surface area contributed by atoms with Crippen molar-refractivity contribution < 1.29 is 4.79 Å². The van der Waals surface area contributed by atoms with Crippen molar-refractivity contribution in [3.05, 3.63) is 0 Å². The van der Waals surface area contributed by atoms with Crippen molar-refractivity contribution >= 4 is 5.91 Å². The van der Waals surface area contributed by atoms with Crippen LogP contribution in [-0.4, -0.2) is 85.0 Å². The molecule has 3 aliphatic rings. The minimum Gasteiger partial charge on any atom is -0.353 e. The van der Waals surface area contributed by atoms with Gasteiger partial charge in [-0.25, -0.2) is 0 Å². The average Bonchev–Trinajstić information content (AvgIpc) is 2.66. The summed E-state index contributed by atoms with van der Waals surface area (Å²) in [7, 11) is 0. The number of nitrogens with zero attached hydrogens (tertiary/aromatic N) is 3. The van der Waals surface area contributed by atoms with Crippen LogP contribution in [0.4, 0.5) is 0 Å². The van der Waals surface area contributed by atoms with Crippen LogP contribution in [0.25, 0.3) is 0 Å². The Morgan fingerprint density at radius 2 is 1.52 bits per heavy atom. The van der Waals surface area contributed by atoms with Crippen LogP contribution in [0.5, 0.6) is 0 Å². The minimum absolute atomic E-state index is 0.102. The van der Waals surface area contributed by atoms with E-state index >= 15 is 0 Å². The van der Waals surface area contributed by atoms with Gasteiger partial charge >= 0.3 is 0 Å². The Labute approximate surface area is 166 Å². The molecule has 2 aliphatic heterocycles. The van der Waals surface area contributed by atoms with Crippen molar-refractivity contribution in [2.24, 2.45) is 11.3 Å². The Bertz CT molecular complexity index is 477. The predicted molar refractivity (Wildman–Crippen MR) is 112 cm³/mol. The summed E-state index contributed by atoms with van der Waals surface area (Å²) in [4.78, 5) is 20.0. The third-order valence-electron chi connectivity index (χ3n) is 7.45. The lowest BCUT2D eigenvalue weighted by Gasteiger charge is -2.54. The number of nitrogens with one attached hydrogen (secondary N) is 1. The van der Waals surface area contributed by atoms with Crippen LogP contribution in [0.3, 0.4) is 0 Å². The fourth-order valence-electron chi connectivity index (χ4n) is 5.10. The molecule has 1 unspecified atom stereocenters. The van der Waals surface area contributed by atoms with Crippen LogP contribution >= 0.6 is 0 Å². The normalized spacial score (nSPS) is 27.3. The predicted octanol–water partition coefficient (Wildman–Crippen LogP) is 2.42. The molecule has 1 amide bonds. The SMILES string of the molecule is CC(C)C(=O)NC1CCC12CCN(CCCN1CCN(C(C)C)CC1)CC2. The van der Waals surface area contributed by atoms with Gasteiger partial charge in [-0.15, -0.1) is 0 Å².